The van der Waals surface area contributed by atoms with E-state index >= 15 is 0 Å². The lowest BCUT2D eigenvalue weighted by Crippen LogP contribution is -2.60. The average molecular weight is 302 g/mol. The monoisotopic (exact) mass is 302 g/mol. The highest BCUT2D eigenvalue weighted by molar-refractivity contribution is 5.98. The Bertz CT molecular complexity index is 569. The molecule has 6 heteroatoms. The number of pyridine rings is 1. The molecule has 1 atom stereocenters. The van der Waals surface area contributed by atoms with Crippen molar-refractivity contribution in [3.63, 3.8) is 0 Å². The second-order valence-electron chi connectivity index (χ2n) is 5.94. The largest absolute Gasteiger partial charge is 0.341 e. The van der Waals surface area contributed by atoms with Gasteiger partial charge in [0.15, 0.2) is 0 Å². The van der Waals surface area contributed by atoms with Crippen LogP contribution in [0.25, 0.3) is 0 Å². The van der Waals surface area contributed by atoms with Gasteiger partial charge in [-0.3, -0.25) is 14.6 Å². The number of carbonyl (C=O) groups excluding carboxylic acids is 2. The maximum atomic E-state index is 12.8. The Balaban J connectivity index is 1.81. The molecule has 0 spiro atoms. The summed E-state index contributed by atoms with van der Waals surface area (Å²) in [5.74, 6) is -0.0239. The molecule has 0 radical (unpaired) electrons. The van der Waals surface area contributed by atoms with Crippen LogP contribution >= 0.6 is 0 Å². The highest BCUT2D eigenvalue weighted by Gasteiger charge is 2.36. The van der Waals surface area contributed by atoms with Crippen molar-refractivity contribution >= 4 is 11.8 Å². The Hall–Kier alpha value is -1.95. The molecule has 118 valence electrons. The Morgan fingerprint density at radius 3 is 2.77 bits per heavy atom. The molecular formula is C16H22N4O2. The molecule has 1 N–H and O–H groups in total. The Labute approximate surface area is 130 Å². The molecule has 2 amide bonds. The van der Waals surface area contributed by atoms with Crippen molar-refractivity contribution < 1.29 is 9.59 Å². The number of hydrogen-bond acceptors (Lipinski definition) is 4. The van der Waals surface area contributed by atoms with Crippen LogP contribution < -0.4 is 5.32 Å². The van der Waals surface area contributed by atoms with E-state index < -0.39 is 6.04 Å². The third-order valence-electron chi connectivity index (χ3n) is 4.48. The molecule has 0 aromatic carbocycles. The maximum Gasteiger partial charge on any atom is 0.256 e. The average Bonchev–Trinajstić information content (AvgIpc) is 3.08. The van der Waals surface area contributed by atoms with Gasteiger partial charge in [-0.15, -0.1) is 0 Å². The van der Waals surface area contributed by atoms with Gasteiger partial charge >= 0.3 is 0 Å². The fraction of sp³-hybridized carbons (Fsp3) is 0.562. The number of amides is 2. The van der Waals surface area contributed by atoms with E-state index in [1.165, 1.54) is 0 Å². The zero-order valence-corrected chi connectivity index (χ0v) is 12.9. The standard InChI is InChI=1S/C16H22N4O2/c1-12-4-5-17-10-13(12)15(21)20-9-6-18-11-14(20)16(22)19-7-2-3-8-19/h4-5,10,14,18H,2-3,6-9,11H2,1H3/t14-/m0/s1. The van der Waals surface area contributed by atoms with Crippen molar-refractivity contribution in [2.45, 2.75) is 25.8 Å². The maximum absolute atomic E-state index is 12.8. The van der Waals surface area contributed by atoms with Gasteiger partial charge in [0.05, 0.1) is 5.56 Å². The first-order chi connectivity index (χ1) is 10.7. The summed E-state index contributed by atoms with van der Waals surface area (Å²) < 4.78 is 0. The van der Waals surface area contributed by atoms with Gasteiger partial charge < -0.3 is 15.1 Å². The summed E-state index contributed by atoms with van der Waals surface area (Å²) in [6.07, 6.45) is 5.39. The number of nitrogens with one attached hydrogen (secondary N) is 1. The van der Waals surface area contributed by atoms with Crippen LogP contribution in [-0.4, -0.2) is 65.4 Å². The molecule has 0 saturated carbocycles. The normalized spacial score (nSPS) is 22.0. The minimum Gasteiger partial charge on any atom is -0.341 e. The Morgan fingerprint density at radius 2 is 2.05 bits per heavy atom. The zero-order valence-electron chi connectivity index (χ0n) is 12.9. The van der Waals surface area contributed by atoms with Gasteiger partial charge in [0.1, 0.15) is 6.04 Å². The van der Waals surface area contributed by atoms with Gasteiger partial charge in [0.2, 0.25) is 5.91 Å². The van der Waals surface area contributed by atoms with Gasteiger partial charge in [0, 0.05) is 45.1 Å². The summed E-state index contributed by atoms with van der Waals surface area (Å²) >= 11 is 0. The number of rotatable bonds is 2. The van der Waals surface area contributed by atoms with Gasteiger partial charge in [-0.25, -0.2) is 0 Å². The molecule has 2 aliphatic heterocycles. The first-order valence-electron chi connectivity index (χ1n) is 7.89. The summed E-state index contributed by atoms with van der Waals surface area (Å²) in [7, 11) is 0. The molecular weight excluding hydrogens is 280 g/mol. The summed E-state index contributed by atoms with van der Waals surface area (Å²) in [5, 5.41) is 3.23. The number of likely N-dealkylation sites (tertiary alicyclic amines) is 1. The van der Waals surface area contributed by atoms with Gasteiger partial charge in [-0.05, 0) is 31.4 Å². The number of piperazine rings is 1. The zero-order chi connectivity index (χ0) is 15.5. The minimum absolute atomic E-state index is 0.0691. The third-order valence-corrected chi connectivity index (χ3v) is 4.48. The van der Waals surface area contributed by atoms with E-state index in [-0.39, 0.29) is 11.8 Å². The summed E-state index contributed by atoms with van der Waals surface area (Å²) in [5.41, 5.74) is 1.48. The SMILES string of the molecule is Cc1ccncc1C(=O)N1CCNC[C@H]1C(=O)N1CCCC1. The lowest BCUT2D eigenvalue weighted by molar-refractivity contribution is -0.135. The number of aryl methyl sites for hydroxylation is 1. The topological polar surface area (TPSA) is 65.5 Å². The van der Waals surface area contributed by atoms with Crippen LogP contribution in [0.15, 0.2) is 18.5 Å². The summed E-state index contributed by atoms with van der Waals surface area (Å²) in [6, 6.07) is 1.42. The quantitative estimate of drug-likeness (QED) is 0.860. The van der Waals surface area contributed by atoms with Gasteiger partial charge in [-0.2, -0.15) is 0 Å². The van der Waals surface area contributed by atoms with E-state index in [1.807, 2.05) is 17.9 Å². The number of carbonyl (C=O) groups is 2. The highest BCUT2D eigenvalue weighted by atomic mass is 16.2. The number of hydrogen-bond donors (Lipinski definition) is 1. The minimum atomic E-state index is -0.404. The predicted molar refractivity (Wildman–Crippen MR) is 82.5 cm³/mol. The smallest absolute Gasteiger partial charge is 0.256 e. The number of aromatic nitrogens is 1. The molecule has 2 fully saturated rings. The van der Waals surface area contributed by atoms with Crippen LogP contribution in [0, 0.1) is 6.92 Å². The molecule has 6 nitrogen and oxygen atoms in total. The molecule has 1 aromatic heterocycles. The lowest BCUT2D eigenvalue weighted by Gasteiger charge is -2.37. The van der Waals surface area contributed by atoms with Gasteiger partial charge in [0.25, 0.3) is 5.91 Å². The van der Waals surface area contributed by atoms with E-state index in [0.717, 1.165) is 38.0 Å². The molecule has 0 aliphatic carbocycles. The molecule has 0 unspecified atom stereocenters. The van der Waals surface area contributed by atoms with Crippen molar-refractivity contribution in [2.75, 3.05) is 32.7 Å². The van der Waals surface area contributed by atoms with E-state index in [2.05, 4.69) is 10.3 Å². The van der Waals surface area contributed by atoms with E-state index in [9.17, 15) is 9.59 Å². The highest BCUT2D eigenvalue weighted by Crippen LogP contribution is 2.17. The van der Waals surface area contributed by atoms with Crippen molar-refractivity contribution in [3.05, 3.63) is 29.6 Å². The van der Waals surface area contributed by atoms with Crippen molar-refractivity contribution in [1.29, 1.82) is 0 Å². The molecule has 22 heavy (non-hydrogen) atoms. The van der Waals surface area contributed by atoms with Crippen LogP contribution in [0.1, 0.15) is 28.8 Å². The number of nitrogens with zero attached hydrogens (tertiary/aromatic N) is 3. The molecule has 2 aliphatic rings. The van der Waals surface area contributed by atoms with Crippen LogP contribution in [0.2, 0.25) is 0 Å². The van der Waals surface area contributed by atoms with Crippen molar-refractivity contribution in [3.8, 4) is 0 Å². The fourth-order valence-corrected chi connectivity index (χ4v) is 3.16. The van der Waals surface area contributed by atoms with Crippen molar-refractivity contribution in [2.24, 2.45) is 0 Å². The van der Waals surface area contributed by atoms with Crippen molar-refractivity contribution in [1.82, 2.24) is 20.1 Å². The second kappa shape index (κ2) is 6.44. The van der Waals surface area contributed by atoms with Crippen LogP contribution in [0.3, 0.4) is 0 Å². The third kappa shape index (κ3) is 2.83. The summed E-state index contributed by atoms with van der Waals surface area (Å²) in [4.78, 5) is 33.2. The summed E-state index contributed by atoms with van der Waals surface area (Å²) in [6.45, 7) is 5.31. The molecule has 3 heterocycles. The fourth-order valence-electron chi connectivity index (χ4n) is 3.16. The first-order valence-corrected chi connectivity index (χ1v) is 7.89. The predicted octanol–water partition coefficient (Wildman–Crippen LogP) is 0.426. The molecule has 2 saturated heterocycles. The van der Waals surface area contributed by atoms with Crippen LogP contribution in [-0.2, 0) is 4.79 Å². The molecule has 1 aromatic rings. The first kappa shape index (κ1) is 15.0. The van der Waals surface area contributed by atoms with Crippen LogP contribution in [0.4, 0.5) is 0 Å². The van der Waals surface area contributed by atoms with E-state index in [4.69, 9.17) is 0 Å². The molecule has 3 rings (SSSR count). The Morgan fingerprint density at radius 1 is 1.27 bits per heavy atom. The van der Waals surface area contributed by atoms with E-state index in [0.29, 0.717) is 18.7 Å². The van der Waals surface area contributed by atoms with Gasteiger partial charge in [-0.1, -0.05) is 0 Å². The van der Waals surface area contributed by atoms with Crippen LogP contribution in [0.5, 0.6) is 0 Å². The van der Waals surface area contributed by atoms with E-state index in [1.54, 1.807) is 17.3 Å². The molecule has 0 bridgehead atoms. The lowest BCUT2D eigenvalue weighted by atomic mass is 10.1. The Kier molecular flexibility index (Phi) is 4.38. The second-order valence-corrected chi connectivity index (χ2v) is 5.94.